The third-order valence-electron chi connectivity index (χ3n) is 3.89. The molecule has 0 aliphatic carbocycles. The maximum Gasteiger partial charge on any atom is 0.291 e. The van der Waals surface area contributed by atoms with Gasteiger partial charge < -0.3 is 14.8 Å². The Hall–Kier alpha value is -3.03. The van der Waals surface area contributed by atoms with Gasteiger partial charge >= 0.3 is 0 Å². The summed E-state index contributed by atoms with van der Waals surface area (Å²) in [6, 6.07) is 11.4. The zero-order chi connectivity index (χ0) is 20.3. The highest BCUT2D eigenvalue weighted by molar-refractivity contribution is 6.41. The fourth-order valence-electron chi connectivity index (χ4n) is 2.47. The molecular formula is C19H15Cl2N3O4. The van der Waals surface area contributed by atoms with E-state index in [0.29, 0.717) is 28.4 Å². The van der Waals surface area contributed by atoms with Crippen LogP contribution >= 0.6 is 23.2 Å². The van der Waals surface area contributed by atoms with E-state index in [4.69, 9.17) is 32.7 Å². The monoisotopic (exact) mass is 419 g/mol. The van der Waals surface area contributed by atoms with Crippen molar-refractivity contribution in [3.8, 4) is 17.2 Å². The Morgan fingerprint density at radius 1 is 1.04 bits per heavy atom. The minimum atomic E-state index is -0.545. The van der Waals surface area contributed by atoms with Gasteiger partial charge in [0, 0.05) is 17.3 Å². The van der Waals surface area contributed by atoms with Gasteiger partial charge in [0.2, 0.25) is 0 Å². The van der Waals surface area contributed by atoms with E-state index in [-0.39, 0.29) is 16.0 Å². The molecule has 0 aliphatic heterocycles. The van der Waals surface area contributed by atoms with Crippen LogP contribution in [0.25, 0.3) is 5.69 Å². The molecule has 144 valence electrons. The zero-order valence-electron chi connectivity index (χ0n) is 14.9. The summed E-state index contributed by atoms with van der Waals surface area (Å²) in [7, 11) is 3.05. The van der Waals surface area contributed by atoms with Gasteiger partial charge in [-0.3, -0.25) is 9.59 Å². The molecule has 3 aromatic rings. The normalized spacial score (nSPS) is 10.4. The lowest BCUT2D eigenvalue weighted by Gasteiger charge is -2.11. The number of hydrogen-bond donors (Lipinski definition) is 1. The van der Waals surface area contributed by atoms with Crippen LogP contribution in [0.2, 0.25) is 10.0 Å². The average molecular weight is 420 g/mol. The van der Waals surface area contributed by atoms with E-state index in [1.807, 2.05) is 0 Å². The maximum atomic E-state index is 12.5. The Bertz CT molecular complexity index is 1080. The van der Waals surface area contributed by atoms with Crippen LogP contribution in [0.3, 0.4) is 0 Å². The molecule has 0 aliphatic rings. The van der Waals surface area contributed by atoms with Crippen LogP contribution in [0.4, 0.5) is 5.69 Å². The van der Waals surface area contributed by atoms with Crippen LogP contribution in [0.15, 0.2) is 53.5 Å². The highest BCUT2D eigenvalue weighted by Gasteiger charge is 2.12. The first-order chi connectivity index (χ1) is 13.4. The Kier molecular flexibility index (Phi) is 5.87. The number of anilines is 1. The Morgan fingerprint density at radius 3 is 2.36 bits per heavy atom. The predicted molar refractivity (Wildman–Crippen MR) is 107 cm³/mol. The number of carbonyl (C=O) groups excluding carboxylic acids is 1. The minimum absolute atomic E-state index is 0.0776. The van der Waals surface area contributed by atoms with Gasteiger partial charge in [0.05, 0.1) is 31.1 Å². The van der Waals surface area contributed by atoms with Crippen LogP contribution in [0, 0.1) is 0 Å². The molecule has 1 amide bonds. The van der Waals surface area contributed by atoms with E-state index in [9.17, 15) is 9.59 Å². The molecular weight excluding hydrogens is 405 g/mol. The van der Waals surface area contributed by atoms with Crippen LogP contribution in [-0.4, -0.2) is 29.9 Å². The second-order valence-electron chi connectivity index (χ2n) is 5.59. The molecule has 1 N–H and O–H groups in total. The van der Waals surface area contributed by atoms with Gasteiger partial charge in [-0.1, -0.05) is 23.2 Å². The van der Waals surface area contributed by atoms with Crippen molar-refractivity contribution in [2.45, 2.75) is 0 Å². The number of rotatable bonds is 5. The van der Waals surface area contributed by atoms with E-state index >= 15 is 0 Å². The van der Waals surface area contributed by atoms with Gasteiger partial charge in [-0.05, 0) is 36.4 Å². The quantitative estimate of drug-likeness (QED) is 0.679. The van der Waals surface area contributed by atoms with E-state index in [2.05, 4.69) is 10.4 Å². The second kappa shape index (κ2) is 8.33. The van der Waals surface area contributed by atoms with Crippen molar-refractivity contribution >= 4 is 34.8 Å². The van der Waals surface area contributed by atoms with Crippen LogP contribution in [-0.2, 0) is 0 Å². The van der Waals surface area contributed by atoms with Crippen molar-refractivity contribution in [3.63, 3.8) is 0 Å². The number of nitrogens with zero attached hydrogens (tertiary/aromatic N) is 2. The highest BCUT2D eigenvalue weighted by atomic mass is 35.5. The number of amides is 1. The van der Waals surface area contributed by atoms with Crippen molar-refractivity contribution in [2.75, 3.05) is 19.5 Å². The van der Waals surface area contributed by atoms with Crippen molar-refractivity contribution < 1.29 is 14.3 Å². The molecule has 0 atom stereocenters. The molecule has 0 saturated carbocycles. The van der Waals surface area contributed by atoms with Gasteiger partial charge in [0.1, 0.15) is 5.02 Å². The summed E-state index contributed by atoms with van der Waals surface area (Å²) < 4.78 is 11.5. The first-order valence-corrected chi connectivity index (χ1v) is 8.77. The molecule has 3 rings (SSSR count). The summed E-state index contributed by atoms with van der Waals surface area (Å²) in [6.45, 7) is 0. The fourth-order valence-corrected chi connectivity index (χ4v) is 2.72. The molecule has 0 saturated heterocycles. The second-order valence-corrected chi connectivity index (χ2v) is 6.38. The van der Waals surface area contributed by atoms with Crippen LogP contribution in [0.1, 0.15) is 10.4 Å². The summed E-state index contributed by atoms with van der Waals surface area (Å²) in [5.74, 6) is 0.735. The Labute approximate surface area is 170 Å². The molecule has 0 radical (unpaired) electrons. The third-order valence-corrected chi connectivity index (χ3v) is 4.64. The summed E-state index contributed by atoms with van der Waals surface area (Å²) in [6.07, 6.45) is 1.28. The highest BCUT2D eigenvalue weighted by Crippen LogP contribution is 2.30. The van der Waals surface area contributed by atoms with Gasteiger partial charge in [-0.2, -0.15) is 9.78 Å². The first kappa shape index (κ1) is 19.7. The standard InChI is InChI=1S/C19H15Cl2N3O4/c1-27-15-8-5-12(9-16(15)28-2)23-18(25)11-3-6-13(7-4-11)24-19(26)17(21)14(20)10-22-24/h3-10H,1-2H3,(H,23,25). The molecule has 1 aromatic heterocycles. The number of benzene rings is 2. The van der Waals surface area contributed by atoms with Gasteiger partial charge in [0.25, 0.3) is 11.5 Å². The zero-order valence-corrected chi connectivity index (χ0v) is 16.4. The van der Waals surface area contributed by atoms with Gasteiger partial charge in [-0.25, -0.2) is 0 Å². The maximum absolute atomic E-state index is 12.5. The summed E-state index contributed by atoms with van der Waals surface area (Å²) in [4.78, 5) is 24.6. The van der Waals surface area contributed by atoms with Crippen LogP contribution in [0.5, 0.6) is 11.5 Å². The van der Waals surface area contributed by atoms with E-state index < -0.39 is 5.56 Å². The van der Waals surface area contributed by atoms with E-state index in [1.54, 1.807) is 42.5 Å². The number of carbonyl (C=O) groups is 1. The van der Waals surface area contributed by atoms with Crippen molar-refractivity contribution in [3.05, 3.63) is 74.6 Å². The van der Waals surface area contributed by atoms with Crippen molar-refractivity contribution in [1.82, 2.24) is 9.78 Å². The lowest BCUT2D eigenvalue weighted by molar-refractivity contribution is 0.102. The van der Waals surface area contributed by atoms with E-state index in [1.165, 1.54) is 20.4 Å². The molecule has 0 unspecified atom stereocenters. The Morgan fingerprint density at radius 2 is 1.71 bits per heavy atom. The van der Waals surface area contributed by atoms with Crippen LogP contribution < -0.4 is 20.3 Å². The van der Waals surface area contributed by atoms with Crippen molar-refractivity contribution in [2.24, 2.45) is 0 Å². The molecule has 28 heavy (non-hydrogen) atoms. The summed E-state index contributed by atoms with van der Waals surface area (Å²) in [5, 5.41) is 6.68. The predicted octanol–water partition coefficient (Wildman–Crippen LogP) is 3.81. The topological polar surface area (TPSA) is 82.5 Å². The fraction of sp³-hybridized carbons (Fsp3) is 0.105. The lowest BCUT2D eigenvalue weighted by atomic mass is 10.2. The number of ether oxygens (including phenoxy) is 2. The van der Waals surface area contributed by atoms with Gasteiger partial charge in [-0.15, -0.1) is 0 Å². The molecule has 0 spiro atoms. The van der Waals surface area contributed by atoms with Crippen molar-refractivity contribution in [1.29, 1.82) is 0 Å². The molecule has 0 fully saturated rings. The van der Waals surface area contributed by atoms with E-state index in [0.717, 1.165) is 4.68 Å². The summed E-state index contributed by atoms with van der Waals surface area (Å²) in [5.41, 5.74) is 0.851. The number of halogens is 2. The van der Waals surface area contributed by atoms with Gasteiger partial charge in [0.15, 0.2) is 11.5 Å². The molecule has 1 heterocycles. The average Bonchev–Trinajstić information content (AvgIpc) is 2.72. The first-order valence-electron chi connectivity index (χ1n) is 8.01. The number of hydrogen-bond acceptors (Lipinski definition) is 5. The largest absolute Gasteiger partial charge is 0.493 e. The number of aromatic nitrogens is 2. The molecule has 9 heteroatoms. The molecule has 2 aromatic carbocycles. The Balaban J connectivity index is 1.81. The number of nitrogens with one attached hydrogen (secondary N) is 1. The third kappa shape index (κ3) is 3.95. The molecule has 7 nitrogen and oxygen atoms in total. The molecule has 0 bridgehead atoms. The minimum Gasteiger partial charge on any atom is -0.493 e. The number of methoxy groups -OCH3 is 2. The summed E-state index contributed by atoms with van der Waals surface area (Å²) >= 11 is 11.6. The SMILES string of the molecule is COc1ccc(NC(=O)c2ccc(-n3ncc(Cl)c(Cl)c3=O)cc2)cc1OC. The lowest BCUT2D eigenvalue weighted by Crippen LogP contribution is -2.21. The smallest absolute Gasteiger partial charge is 0.291 e.